The molecule has 0 saturated carbocycles. The highest BCUT2D eigenvalue weighted by Gasteiger charge is 2.15. The predicted molar refractivity (Wildman–Crippen MR) is 94.7 cm³/mol. The first-order valence-corrected chi connectivity index (χ1v) is 8.35. The number of aromatic amines is 1. The van der Waals surface area contributed by atoms with E-state index in [1.807, 2.05) is 10.7 Å². The number of amides is 1. The second kappa shape index (κ2) is 6.34. The largest absolute Gasteiger partial charge is 0.360 e. The molecule has 4 rings (SSSR count). The summed E-state index contributed by atoms with van der Waals surface area (Å²) in [6.07, 6.45) is 1.42. The molecule has 0 bridgehead atoms. The molecule has 1 aromatic carbocycles. The van der Waals surface area contributed by atoms with Crippen LogP contribution in [0.2, 0.25) is 5.02 Å². The highest BCUT2D eigenvalue weighted by molar-refractivity contribution is 6.31. The topological polar surface area (TPSA) is 91.8 Å². The summed E-state index contributed by atoms with van der Waals surface area (Å²) in [4.78, 5) is 27.8. The fourth-order valence-electron chi connectivity index (χ4n) is 2.97. The number of rotatable bonds is 3. The quantitative estimate of drug-likeness (QED) is 0.661. The van der Waals surface area contributed by atoms with E-state index in [0.29, 0.717) is 15.9 Å². The third kappa shape index (κ3) is 3.04. The summed E-state index contributed by atoms with van der Waals surface area (Å²) < 4.78 is 1.94. The number of benzene rings is 1. The molecule has 1 amide bonds. The van der Waals surface area contributed by atoms with Gasteiger partial charge in [-0.2, -0.15) is 5.10 Å². The van der Waals surface area contributed by atoms with Gasteiger partial charge in [0.05, 0.1) is 30.0 Å². The van der Waals surface area contributed by atoms with E-state index in [0.717, 1.165) is 31.0 Å². The van der Waals surface area contributed by atoms with Crippen molar-refractivity contribution in [1.82, 2.24) is 25.4 Å². The number of halogens is 1. The zero-order valence-electron chi connectivity index (χ0n) is 13.3. The number of nitrogens with zero attached hydrogens (tertiary/aromatic N) is 2. The van der Waals surface area contributed by atoms with Crippen LogP contribution in [0.25, 0.3) is 10.9 Å². The minimum atomic E-state index is -0.429. The maximum absolute atomic E-state index is 12.5. The summed E-state index contributed by atoms with van der Waals surface area (Å²) >= 11 is 5.92. The Morgan fingerprint density at radius 1 is 1.36 bits per heavy atom. The molecule has 8 heteroatoms. The number of hydrogen-bond donors (Lipinski definition) is 3. The van der Waals surface area contributed by atoms with E-state index >= 15 is 0 Å². The molecule has 0 radical (unpaired) electrons. The maximum Gasteiger partial charge on any atom is 0.257 e. The molecule has 0 aliphatic carbocycles. The highest BCUT2D eigenvalue weighted by atomic mass is 35.5. The van der Waals surface area contributed by atoms with Gasteiger partial charge in [0, 0.05) is 29.7 Å². The second-order valence-electron chi connectivity index (χ2n) is 5.93. The van der Waals surface area contributed by atoms with Crippen LogP contribution in [0.4, 0.5) is 0 Å². The number of H-pyrrole nitrogens is 1. The standard InChI is InChI=1S/C17H16ClN5O2/c18-10-1-2-13-15(5-10)20-9-14(16(13)24)17(25)21-7-11-6-12-8-19-3-4-23(12)22-11/h1-2,5-6,9,19H,3-4,7-8H2,(H,20,24)(H,21,25). The van der Waals surface area contributed by atoms with Gasteiger partial charge >= 0.3 is 0 Å². The minimum absolute atomic E-state index is 0.0699. The molecule has 0 spiro atoms. The molecule has 1 aliphatic rings. The molecule has 0 unspecified atom stereocenters. The van der Waals surface area contributed by atoms with Crippen molar-refractivity contribution in [3.63, 3.8) is 0 Å². The van der Waals surface area contributed by atoms with Crippen molar-refractivity contribution >= 4 is 28.4 Å². The number of carbonyl (C=O) groups excluding carboxylic acids is 1. The third-order valence-corrected chi connectivity index (χ3v) is 4.47. The van der Waals surface area contributed by atoms with Gasteiger partial charge in [-0.25, -0.2) is 0 Å². The molecule has 3 aromatic rings. The van der Waals surface area contributed by atoms with Gasteiger partial charge in [-0.15, -0.1) is 0 Å². The summed E-state index contributed by atoms with van der Waals surface area (Å²) in [7, 11) is 0. The first-order valence-electron chi connectivity index (χ1n) is 7.97. The summed E-state index contributed by atoms with van der Waals surface area (Å²) in [5.74, 6) is -0.429. The molecule has 0 saturated heterocycles. The third-order valence-electron chi connectivity index (χ3n) is 4.24. The molecule has 0 fully saturated rings. The van der Waals surface area contributed by atoms with Gasteiger partial charge in [0.25, 0.3) is 5.91 Å². The van der Waals surface area contributed by atoms with Gasteiger partial charge in [-0.05, 0) is 24.3 Å². The first kappa shape index (κ1) is 15.9. The zero-order valence-corrected chi connectivity index (χ0v) is 14.1. The molecule has 25 heavy (non-hydrogen) atoms. The van der Waals surface area contributed by atoms with Crippen molar-refractivity contribution in [2.45, 2.75) is 19.6 Å². The summed E-state index contributed by atoms with van der Waals surface area (Å²) in [6.45, 7) is 2.75. The lowest BCUT2D eigenvalue weighted by Gasteiger charge is -2.13. The van der Waals surface area contributed by atoms with Crippen LogP contribution in [-0.4, -0.2) is 27.2 Å². The molecule has 1 aliphatic heterocycles. The number of carbonyl (C=O) groups is 1. The van der Waals surface area contributed by atoms with E-state index in [2.05, 4.69) is 20.7 Å². The smallest absolute Gasteiger partial charge is 0.257 e. The van der Waals surface area contributed by atoms with Gasteiger partial charge in [0.2, 0.25) is 5.43 Å². The Hall–Kier alpha value is -2.64. The molecule has 0 atom stereocenters. The second-order valence-corrected chi connectivity index (χ2v) is 6.37. The summed E-state index contributed by atoms with van der Waals surface area (Å²) in [6, 6.07) is 6.86. The van der Waals surface area contributed by atoms with E-state index in [1.54, 1.807) is 18.2 Å². The average Bonchev–Trinajstić information content (AvgIpc) is 3.03. The first-order chi connectivity index (χ1) is 12.1. The number of fused-ring (bicyclic) bond motifs is 2. The van der Waals surface area contributed by atoms with Crippen LogP contribution in [0, 0.1) is 0 Å². The maximum atomic E-state index is 12.5. The number of hydrogen-bond acceptors (Lipinski definition) is 4. The molecular formula is C17H16ClN5O2. The van der Waals surface area contributed by atoms with Gasteiger partial charge in [-0.1, -0.05) is 11.6 Å². The lowest BCUT2D eigenvalue weighted by molar-refractivity contribution is 0.0949. The molecular weight excluding hydrogens is 342 g/mol. The number of pyridine rings is 1. The van der Waals surface area contributed by atoms with E-state index < -0.39 is 5.91 Å². The molecule has 128 valence electrons. The van der Waals surface area contributed by atoms with Crippen LogP contribution in [0.1, 0.15) is 21.7 Å². The average molecular weight is 358 g/mol. The fourth-order valence-corrected chi connectivity index (χ4v) is 3.14. The van der Waals surface area contributed by atoms with Gasteiger partial charge in [0.1, 0.15) is 5.56 Å². The Morgan fingerprint density at radius 2 is 2.24 bits per heavy atom. The van der Waals surface area contributed by atoms with Crippen molar-refractivity contribution in [2.75, 3.05) is 6.54 Å². The van der Waals surface area contributed by atoms with Crippen molar-refractivity contribution < 1.29 is 4.79 Å². The van der Waals surface area contributed by atoms with Crippen molar-refractivity contribution in [1.29, 1.82) is 0 Å². The Bertz CT molecular complexity index is 1000. The fraction of sp³-hybridized carbons (Fsp3) is 0.235. The SMILES string of the molecule is O=C(NCc1cc2n(n1)CCNC2)c1c[nH]c2cc(Cl)ccc2c1=O. The molecule has 7 nitrogen and oxygen atoms in total. The molecule has 3 heterocycles. The monoisotopic (exact) mass is 357 g/mol. The van der Waals surface area contributed by atoms with Crippen LogP contribution in [0.3, 0.4) is 0 Å². The number of nitrogens with one attached hydrogen (secondary N) is 3. The summed E-state index contributed by atoms with van der Waals surface area (Å²) in [5.41, 5.74) is 2.21. The van der Waals surface area contributed by atoms with E-state index in [9.17, 15) is 9.59 Å². The van der Waals surface area contributed by atoms with Gasteiger partial charge < -0.3 is 15.6 Å². The van der Waals surface area contributed by atoms with Crippen LogP contribution in [0.5, 0.6) is 0 Å². The van der Waals surface area contributed by atoms with E-state index in [-0.39, 0.29) is 17.5 Å². The minimum Gasteiger partial charge on any atom is -0.360 e. The molecule has 2 aromatic heterocycles. The van der Waals surface area contributed by atoms with E-state index in [1.165, 1.54) is 6.20 Å². The van der Waals surface area contributed by atoms with Gasteiger partial charge in [-0.3, -0.25) is 14.3 Å². The van der Waals surface area contributed by atoms with Crippen LogP contribution in [-0.2, 0) is 19.6 Å². The van der Waals surface area contributed by atoms with Crippen molar-refractivity contribution in [3.8, 4) is 0 Å². The zero-order chi connectivity index (χ0) is 17.4. The van der Waals surface area contributed by atoms with Gasteiger partial charge in [0.15, 0.2) is 0 Å². The Morgan fingerprint density at radius 3 is 3.08 bits per heavy atom. The summed E-state index contributed by atoms with van der Waals surface area (Å²) in [5, 5.41) is 11.4. The van der Waals surface area contributed by atoms with E-state index in [4.69, 9.17) is 11.6 Å². The lowest BCUT2D eigenvalue weighted by Crippen LogP contribution is -2.29. The highest BCUT2D eigenvalue weighted by Crippen LogP contribution is 2.15. The lowest BCUT2D eigenvalue weighted by atomic mass is 10.1. The normalized spacial score (nSPS) is 13.6. The van der Waals surface area contributed by atoms with Crippen molar-refractivity contribution in [2.24, 2.45) is 0 Å². The number of aromatic nitrogens is 3. The Kier molecular flexibility index (Phi) is 4.03. The Labute approximate surface area is 148 Å². The van der Waals surface area contributed by atoms with Crippen LogP contribution in [0.15, 0.2) is 35.3 Å². The molecule has 3 N–H and O–H groups in total. The van der Waals surface area contributed by atoms with Crippen LogP contribution >= 0.6 is 11.6 Å². The van der Waals surface area contributed by atoms with Crippen molar-refractivity contribution in [3.05, 3.63) is 62.7 Å². The van der Waals surface area contributed by atoms with Crippen LogP contribution < -0.4 is 16.1 Å². The Balaban J connectivity index is 1.54. The predicted octanol–water partition coefficient (Wildman–Crippen LogP) is 1.41.